The first-order chi connectivity index (χ1) is 15.4. The maximum Gasteiger partial charge on any atom is 0.244 e. The van der Waals surface area contributed by atoms with E-state index in [1.807, 2.05) is 13.8 Å². The summed E-state index contributed by atoms with van der Waals surface area (Å²) in [5.41, 5.74) is 1.02. The first-order valence-corrected chi connectivity index (χ1v) is 13.1. The molecule has 0 spiro atoms. The molecule has 10 heteroatoms. The second-order valence-corrected chi connectivity index (χ2v) is 10.7. The summed E-state index contributed by atoms with van der Waals surface area (Å²) in [5.74, 6) is -0.845. The number of sulfonamides is 1. The number of carbonyl (C=O) groups is 2. The van der Waals surface area contributed by atoms with Gasteiger partial charge in [0.2, 0.25) is 21.8 Å². The van der Waals surface area contributed by atoms with Crippen molar-refractivity contribution < 1.29 is 18.0 Å². The molecule has 0 unspecified atom stereocenters. The summed E-state index contributed by atoms with van der Waals surface area (Å²) in [7, 11) is -3.80. The van der Waals surface area contributed by atoms with Gasteiger partial charge in [-0.05, 0) is 56.2 Å². The van der Waals surface area contributed by atoms with Gasteiger partial charge in [0.25, 0.3) is 0 Å². The molecular weight excluding hydrogens is 485 g/mol. The third kappa shape index (κ3) is 7.91. The number of halogens is 2. The Bertz CT molecular complexity index is 1080. The van der Waals surface area contributed by atoms with Gasteiger partial charge in [0.05, 0.1) is 11.9 Å². The largest absolute Gasteiger partial charge is 0.352 e. The first kappa shape index (κ1) is 27.0. The maximum absolute atomic E-state index is 13.4. The number of nitrogens with one attached hydrogen (secondary N) is 1. The van der Waals surface area contributed by atoms with Crippen LogP contribution in [-0.2, 0) is 26.2 Å². The average Bonchev–Trinajstić information content (AvgIpc) is 2.75. The summed E-state index contributed by atoms with van der Waals surface area (Å²) >= 11 is 12.0. The molecule has 0 aliphatic carbocycles. The van der Waals surface area contributed by atoms with Gasteiger partial charge in [-0.1, -0.05) is 48.3 Å². The fourth-order valence-corrected chi connectivity index (χ4v) is 4.23. The molecule has 0 fully saturated rings. The Morgan fingerprint density at radius 1 is 1.03 bits per heavy atom. The Balaban J connectivity index is 2.37. The Labute approximate surface area is 205 Å². The molecule has 2 aromatic carbocycles. The Hall–Kier alpha value is -2.29. The fourth-order valence-electron chi connectivity index (χ4n) is 3.08. The van der Waals surface area contributed by atoms with Crippen molar-refractivity contribution >= 4 is 50.7 Å². The highest BCUT2D eigenvalue weighted by Crippen LogP contribution is 2.23. The normalized spacial score (nSPS) is 13.2. The van der Waals surface area contributed by atoms with Gasteiger partial charge in [-0.15, -0.1) is 0 Å². The average molecular weight is 514 g/mol. The van der Waals surface area contributed by atoms with Crippen LogP contribution < -0.4 is 9.62 Å². The lowest BCUT2D eigenvalue weighted by Crippen LogP contribution is -2.52. The lowest BCUT2D eigenvalue weighted by Gasteiger charge is -2.32. The summed E-state index contributed by atoms with van der Waals surface area (Å²) in [6.45, 7) is 5.07. The highest BCUT2D eigenvalue weighted by atomic mass is 35.5. The van der Waals surface area contributed by atoms with Gasteiger partial charge in [-0.25, -0.2) is 8.42 Å². The number of anilines is 1. The minimum absolute atomic E-state index is 0.0635. The molecule has 2 aromatic rings. The smallest absolute Gasteiger partial charge is 0.244 e. The number of amides is 2. The number of benzene rings is 2. The second kappa shape index (κ2) is 11.7. The van der Waals surface area contributed by atoms with E-state index in [9.17, 15) is 18.0 Å². The molecule has 0 saturated carbocycles. The molecule has 0 radical (unpaired) electrons. The van der Waals surface area contributed by atoms with Gasteiger partial charge in [0.1, 0.15) is 12.6 Å². The number of carbonyl (C=O) groups excluding carboxylic acids is 2. The Morgan fingerprint density at radius 2 is 1.67 bits per heavy atom. The molecule has 0 bridgehead atoms. The van der Waals surface area contributed by atoms with E-state index >= 15 is 0 Å². The van der Waals surface area contributed by atoms with Crippen molar-refractivity contribution in [3.8, 4) is 0 Å². The van der Waals surface area contributed by atoms with Crippen LogP contribution in [0.4, 0.5) is 5.69 Å². The van der Waals surface area contributed by atoms with Crippen LogP contribution in [0.2, 0.25) is 10.0 Å². The van der Waals surface area contributed by atoms with E-state index in [0.29, 0.717) is 10.0 Å². The predicted octanol–water partition coefficient (Wildman–Crippen LogP) is 4.09. The fraction of sp³-hybridized carbons (Fsp3) is 0.391. The number of nitrogens with zero attached hydrogens (tertiary/aromatic N) is 2. The van der Waals surface area contributed by atoms with E-state index in [1.165, 1.54) is 11.0 Å². The van der Waals surface area contributed by atoms with Crippen molar-refractivity contribution in [2.24, 2.45) is 0 Å². The molecule has 1 N–H and O–H groups in total. The zero-order chi connectivity index (χ0) is 24.8. The predicted molar refractivity (Wildman–Crippen MR) is 133 cm³/mol. The van der Waals surface area contributed by atoms with E-state index in [-0.39, 0.29) is 24.2 Å². The second-order valence-electron chi connectivity index (χ2n) is 7.89. The van der Waals surface area contributed by atoms with Gasteiger partial charge in [-0.2, -0.15) is 0 Å². The molecular formula is C23H29Cl2N3O4S. The van der Waals surface area contributed by atoms with Crippen LogP contribution in [0.25, 0.3) is 0 Å². The number of hydrogen-bond donors (Lipinski definition) is 1. The lowest BCUT2D eigenvalue weighted by atomic mass is 10.1. The summed E-state index contributed by atoms with van der Waals surface area (Å²) in [6.07, 6.45) is 1.75. The van der Waals surface area contributed by atoms with Crippen LogP contribution in [0.5, 0.6) is 0 Å². The van der Waals surface area contributed by atoms with Crippen LogP contribution in [0.3, 0.4) is 0 Å². The third-order valence-electron chi connectivity index (χ3n) is 5.21. The molecule has 2 rings (SSSR count). The number of rotatable bonds is 10. The number of hydrogen-bond acceptors (Lipinski definition) is 4. The van der Waals surface area contributed by atoms with Crippen LogP contribution >= 0.6 is 23.2 Å². The topological polar surface area (TPSA) is 86.8 Å². The third-order valence-corrected chi connectivity index (χ3v) is 6.84. The van der Waals surface area contributed by atoms with Crippen molar-refractivity contribution in [1.29, 1.82) is 0 Å². The minimum Gasteiger partial charge on any atom is -0.352 e. The summed E-state index contributed by atoms with van der Waals surface area (Å²) in [6, 6.07) is 12.3. The zero-order valence-electron chi connectivity index (χ0n) is 19.1. The van der Waals surface area contributed by atoms with Gasteiger partial charge < -0.3 is 10.2 Å². The van der Waals surface area contributed by atoms with E-state index < -0.39 is 28.5 Å². The van der Waals surface area contributed by atoms with Crippen LogP contribution in [0.15, 0.2) is 48.5 Å². The molecule has 7 nitrogen and oxygen atoms in total. The summed E-state index contributed by atoms with van der Waals surface area (Å²) < 4.78 is 26.0. The van der Waals surface area contributed by atoms with Gasteiger partial charge in [-0.3, -0.25) is 13.9 Å². The van der Waals surface area contributed by atoms with Crippen molar-refractivity contribution in [3.63, 3.8) is 0 Å². The highest BCUT2D eigenvalue weighted by molar-refractivity contribution is 7.92. The Kier molecular flexibility index (Phi) is 9.57. The molecule has 33 heavy (non-hydrogen) atoms. The van der Waals surface area contributed by atoms with Crippen molar-refractivity contribution in [1.82, 2.24) is 10.2 Å². The van der Waals surface area contributed by atoms with Gasteiger partial charge in [0.15, 0.2) is 0 Å². The molecule has 2 atom stereocenters. The van der Waals surface area contributed by atoms with Gasteiger partial charge in [0, 0.05) is 22.6 Å². The van der Waals surface area contributed by atoms with E-state index in [2.05, 4.69) is 5.32 Å². The van der Waals surface area contributed by atoms with E-state index in [4.69, 9.17) is 23.2 Å². The first-order valence-electron chi connectivity index (χ1n) is 10.5. The SMILES string of the molecule is CC[C@@H](C)NC(=O)[C@H](C)N(Cc1ccc(Cl)cc1)C(=O)CN(c1cccc(Cl)c1)S(C)(=O)=O. The van der Waals surface area contributed by atoms with Crippen molar-refractivity contribution in [2.45, 2.75) is 45.8 Å². The van der Waals surface area contributed by atoms with Crippen LogP contribution in [0.1, 0.15) is 32.8 Å². The molecule has 0 aliphatic rings. The maximum atomic E-state index is 13.4. The summed E-state index contributed by atoms with van der Waals surface area (Å²) in [5, 5.41) is 3.76. The molecule has 0 aromatic heterocycles. The molecule has 0 aliphatic heterocycles. The van der Waals surface area contributed by atoms with E-state index in [1.54, 1.807) is 49.4 Å². The zero-order valence-corrected chi connectivity index (χ0v) is 21.4. The molecule has 180 valence electrons. The van der Waals surface area contributed by atoms with Crippen molar-refractivity contribution in [3.05, 3.63) is 64.1 Å². The highest BCUT2D eigenvalue weighted by Gasteiger charge is 2.30. The molecule has 0 saturated heterocycles. The Morgan fingerprint density at radius 3 is 2.21 bits per heavy atom. The lowest BCUT2D eigenvalue weighted by molar-refractivity contribution is -0.139. The van der Waals surface area contributed by atoms with Gasteiger partial charge >= 0.3 is 0 Å². The summed E-state index contributed by atoms with van der Waals surface area (Å²) in [4.78, 5) is 27.6. The van der Waals surface area contributed by atoms with Crippen molar-refractivity contribution in [2.75, 3.05) is 17.1 Å². The molecule has 0 heterocycles. The minimum atomic E-state index is -3.80. The van der Waals surface area contributed by atoms with E-state index in [0.717, 1.165) is 22.5 Å². The standard InChI is InChI=1S/C23H29Cl2N3O4S/c1-5-16(2)26-23(30)17(3)27(14-18-9-11-19(24)12-10-18)22(29)15-28(33(4,31)32)21-8-6-7-20(25)13-21/h6-13,16-17H,5,14-15H2,1-4H3,(H,26,30)/t16-,17+/m1/s1. The molecule has 2 amide bonds. The monoisotopic (exact) mass is 513 g/mol. The van der Waals surface area contributed by atoms with Crippen LogP contribution in [-0.4, -0.2) is 50.0 Å². The van der Waals surface area contributed by atoms with Crippen LogP contribution in [0, 0.1) is 0 Å². The quantitative estimate of drug-likeness (QED) is 0.518.